The zero-order valence-electron chi connectivity index (χ0n) is 18.6. The fraction of sp³-hybridized carbons (Fsp3) is 0.250. The number of hydrogen-bond donors (Lipinski definition) is 2. The molecule has 1 saturated heterocycles. The number of imidazole rings is 1. The van der Waals surface area contributed by atoms with Crippen LogP contribution in [0.2, 0.25) is 0 Å². The van der Waals surface area contributed by atoms with E-state index < -0.39 is 29.9 Å². The number of anilines is 1. The van der Waals surface area contributed by atoms with Crippen molar-refractivity contribution < 1.29 is 27.0 Å². The highest BCUT2D eigenvalue weighted by Gasteiger charge is 2.45. The molecule has 2 atom stereocenters. The molecule has 1 aliphatic rings. The van der Waals surface area contributed by atoms with Gasteiger partial charge in [-0.25, -0.2) is 14.2 Å². The Morgan fingerprint density at radius 2 is 1.91 bits per heavy atom. The van der Waals surface area contributed by atoms with Gasteiger partial charge < -0.3 is 14.8 Å². The number of aromatic nitrogens is 3. The van der Waals surface area contributed by atoms with Gasteiger partial charge in [0.15, 0.2) is 29.2 Å². The summed E-state index contributed by atoms with van der Waals surface area (Å²) in [6.45, 7) is 3.65. The van der Waals surface area contributed by atoms with Gasteiger partial charge in [0, 0.05) is 30.1 Å². The number of aromatic amines is 1. The van der Waals surface area contributed by atoms with Gasteiger partial charge >= 0.3 is 11.9 Å². The van der Waals surface area contributed by atoms with E-state index in [1.165, 1.54) is 47.2 Å². The van der Waals surface area contributed by atoms with E-state index in [1.54, 1.807) is 0 Å². The van der Waals surface area contributed by atoms with E-state index in [9.17, 15) is 22.4 Å². The summed E-state index contributed by atoms with van der Waals surface area (Å²) in [5, 5.41) is 2.89. The van der Waals surface area contributed by atoms with E-state index in [0.717, 1.165) is 12.1 Å². The second kappa shape index (κ2) is 8.42. The van der Waals surface area contributed by atoms with Crippen molar-refractivity contribution in [3.05, 3.63) is 82.2 Å². The number of pyridine rings is 1. The van der Waals surface area contributed by atoms with Crippen LogP contribution in [0.3, 0.4) is 0 Å². The topological polar surface area (TPSA) is 84.5 Å². The van der Waals surface area contributed by atoms with Crippen LogP contribution in [-0.4, -0.2) is 20.8 Å². The second-order valence-electron chi connectivity index (χ2n) is 8.35. The van der Waals surface area contributed by atoms with Gasteiger partial charge in [-0.1, -0.05) is 18.2 Å². The molecule has 2 N–H and O–H groups in total. The lowest BCUT2D eigenvalue weighted by molar-refractivity contribution is -0.138. The lowest BCUT2D eigenvalue weighted by Crippen LogP contribution is -2.18. The maximum absolute atomic E-state index is 14.9. The molecule has 0 aliphatic carbocycles. The maximum Gasteiger partial charge on any atom is 0.416 e. The summed E-state index contributed by atoms with van der Waals surface area (Å²) in [4.78, 5) is 19.0. The highest BCUT2D eigenvalue weighted by Crippen LogP contribution is 2.45. The third-order valence-electron chi connectivity index (χ3n) is 5.61. The monoisotopic (exact) mass is 488 g/mol. The predicted molar refractivity (Wildman–Crippen MR) is 120 cm³/mol. The van der Waals surface area contributed by atoms with E-state index in [1.807, 2.05) is 13.8 Å². The minimum atomic E-state index is -4.50. The summed E-state index contributed by atoms with van der Waals surface area (Å²) in [7, 11) is 0. The molecule has 1 aliphatic heterocycles. The van der Waals surface area contributed by atoms with E-state index >= 15 is 0 Å². The van der Waals surface area contributed by atoms with Crippen LogP contribution in [0, 0.1) is 5.82 Å². The average molecular weight is 488 g/mol. The van der Waals surface area contributed by atoms with E-state index in [-0.39, 0.29) is 28.8 Å². The summed E-state index contributed by atoms with van der Waals surface area (Å²) in [6, 6.07) is 10.6. The highest BCUT2D eigenvalue weighted by molar-refractivity contribution is 5.78. The Bertz CT molecular complexity index is 1460. The molecule has 11 heteroatoms. The molecule has 0 radical (unpaired) electrons. The minimum absolute atomic E-state index is 0.0160. The van der Waals surface area contributed by atoms with E-state index in [2.05, 4.69) is 15.3 Å². The molecule has 0 saturated carbocycles. The number of rotatable bonds is 6. The Kier molecular flexibility index (Phi) is 5.51. The quantitative estimate of drug-likeness (QED) is 0.266. The SMILES string of the molecule is CC(C)n1c(=O)[nH]c2nccc(Oc3ccc(NC4OC4c4ccccc4C(F)(F)F)cc3F)c21. The van der Waals surface area contributed by atoms with E-state index in [4.69, 9.17) is 9.47 Å². The minimum Gasteiger partial charge on any atom is -0.452 e. The molecule has 3 heterocycles. The molecule has 182 valence electrons. The van der Waals surface area contributed by atoms with Gasteiger partial charge in [-0.3, -0.25) is 9.55 Å². The van der Waals surface area contributed by atoms with Gasteiger partial charge in [-0.2, -0.15) is 13.2 Å². The highest BCUT2D eigenvalue weighted by atomic mass is 19.4. The van der Waals surface area contributed by atoms with Gasteiger partial charge in [0.1, 0.15) is 11.6 Å². The van der Waals surface area contributed by atoms with Crippen LogP contribution in [-0.2, 0) is 10.9 Å². The van der Waals surface area contributed by atoms with Gasteiger partial charge in [0.25, 0.3) is 0 Å². The van der Waals surface area contributed by atoms with Crippen LogP contribution in [0.25, 0.3) is 11.2 Å². The van der Waals surface area contributed by atoms with Crippen LogP contribution in [0.5, 0.6) is 11.5 Å². The molecule has 2 aromatic heterocycles. The summed E-state index contributed by atoms with van der Waals surface area (Å²) < 4.78 is 67.3. The van der Waals surface area contributed by atoms with Crippen LogP contribution in [0.1, 0.15) is 37.1 Å². The standard InChI is InChI=1S/C24H20F4N4O3/c1-12(2)32-19-18(9-10-29-21(19)31-23(32)33)34-17-8-7-13(11-16(17)25)30-22-20(35-22)14-5-3-4-6-15(14)24(26,27)28/h3-12,20,22,30H,1-2H3,(H,29,31,33). The molecular formula is C24H20F4N4O3. The molecule has 5 rings (SSSR count). The first-order chi connectivity index (χ1) is 16.6. The number of nitrogens with zero attached hydrogens (tertiary/aromatic N) is 2. The van der Waals surface area contributed by atoms with Crippen molar-refractivity contribution in [1.29, 1.82) is 0 Å². The molecule has 0 amide bonds. The van der Waals surface area contributed by atoms with Gasteiger partial charge in [-0.05, 0) is 37.6 Å². The van der Waals surface area contributed by atoms with Gasteiger partial charge in [0.05, 0.1) is 5.56 Å². The Morgan fingerprint density at radius 3 is 2.63 bits per heavy atom. The second-order valence-corrected chi connectivity index (χ2v) is 8.35. The Hall–Kier alpha value is -3.86. The lowest BCUT2D eigenvalue weighted by Gasteiger charge is -2.13. The zero-order valence-corrected chi connectivity index (χ0v) is 18.6. The molecule has 1 fully saturated rings. The summed E-state index contributed by atoms with van der Waals surface area (Å²) in [5.74, 6) is -0.555. The normalized spacial score (nSPS) is 17.7. The van der Waals surface area contributed by atoms with Crippen molar-refractivity contribution in [2.24, 2.45) is 0 Å². The summed E-state index contributed by atoms with van der Waals surface area (Å²) in [5.41, 5.74) is -0.0698. The molecular weight excluding hydrogens is 468 g/mol. The molecule has 2 aromatic carbocycles. The number of hydrogen-bond acceptors (Lipinski definition) is 5. The number of halogens is 4. The van der Waals surface area contributed by atoms with Crippen molar-refractivity contribution in [2.45, 2.75) is 38.4 Å². The van der Waals surface area contributed by atoms with Crippen LogP contribution in [0.4, 0.5) is 23.2 Å². The summed E-state index contributed by atoms with van der Waals surface area (Å²) >= 11 is 0. The van der Waals surface area contributed by atoms with Gasteiger partial charge in [0.2, 0.25) is 0 Å². The van der Waals surface area contributed by atoms with E-state index in [0.29, 0.717) is 16.9 Å². The fourth-order valence-electron chi connectivity index (χ4n) is 4.02. The molecule has 0 spiro atoms. The number of H-pyrrole nitrogens is 1. The van der Waals surface area contributed by atoms with Crippen molar-refractivity contribution in [1.82, 2.24) is 14.5 Å². The smallest absolute Gasteiger partial charge is 0.416 e. The number of nitrogens with one attached hydrogen (secondary N) is 2. The molecule has 35 heavy (non-hydrogen) atoms. The third-order valence-corrected chi connectivity index (χ3v) is 5.61. The van der Waals surface area contributed by atoms with Crippen LogP contribution >= 0.6 is 0 Å². The summed E-state index contributed by atoms with van der Waals surface area (Å²) in [6.07, 6.45) is -4.60. The van der Waals surface area contributed by atoms with Crippen molar-refractivity contribution in [3.63, 3.8) is 0 Å². The first-order valence-electron chi connectivity index (χ1n) is 10.8. The first-order valence-corrected chi connectivity index (χ1v) is 10.8. The molecule has 7 nitrogen and oxygen atoms in total. The molecule has 0 bridgehead atoms. The van der Waals surface area contributed by atoms with Gasteiger partial charge in [-0.15, -0.1) is 0 Å². The van der Waals surface area contributed by atoms with Crippen molar-refractivity contribution >= 4 is 16.9 Å². The van der Waals surface area contributed by atoms with Crippen LogP contribution in [0.15, 0.2) is 59.5 Å². The number of epoxide rings is 1. The number of alkyl halides is 3. The number of benzene rings is 2. The van der Waals surface area contributed by atoms with Crippen LogP contribution < -0.4 is 15.7 Å². The molecule has 4 aromatic rings. The Balaban J connectivity index is 1.35. The predicted octanol–water partition coefficient (Wildman–Crippen LogP) is 5.77. The Labute approximate surface area is 196 Å². The lowest BCUT2D eigenvalue weighted by atomic mass is 10.0. The third kappa shape index (κ3) is 4.34. The van der Waals surface area contributed by atoms with Crippen molar-refractivity contribution in [2.75, 3.05) is 5.32 Å². The number of ether oxygens (including phenoxy) is 2. The number of fused-ring (bicyclic) bond motifs is 1. The zero-order chi connectivity index (χ0) is 24.9. The fourth-order valence-corrected chi connectivity index (χ4v) is 4.02. The largest absolute Gasteiger partial charge is 0.452 e. The molecule has 2 unspecified atom stereocenters. The first kappa shape index (κ1) is 22.9. The van der Waals surface area contributed by atoms with Crippen molar-refractivity contribution in [3.8, 4) is 11.5 Å². The Morgan fingerprint density at radius 1 is 1.14 bits per heavy atom. The maximum atomic E-state index is 14.9. The average Bonchev–Trinajstić information content (AvgIpc) is 3.46.